The molecular formula is C16H11NO5S. The standard InChI is InChI=1S/C16H11NO5S/c18-11-4-2-10(3-5-11)17-15(21)14(23-16(17)22)8-9-1-6-12(19)13(20)7-9/h1-8,18-20H. The third kappa shape index (κ3) is 2.86. The predicted octanol–water partition coefficient (Wildman–Crippen LogP) is 3.04. The summed E-state index contributed by atoms with van der Waals surface area (Å²) < 4.78 is 0. The first-order chi connectivity index (χ1) is 11.0. The number of hydrogen-bond acceptors (Lipinski definition) is 6. The van der Waals surface area contributed by atoms with Gasteiger partial charge in [-0.05, 0) is 59.8 Å². The van der Waals surface area contributed by atoms with Crippen LogP contribution in [0, 0.1) is 0 Å². The minimum absolute atomic E-state index is 0.0378. The largest absolute Gasteiger partial charge is 0.508 e. The van der Waals surface area contributed by atoms with Crippen LogP contribution in [0.25, 0.3) is 6.08 Å². The Kier molecular flexibility index (Phi) is 3.71. The first-order valence-electron chi connectivity index (χ1n) is 6.54. The fraction of sp³-hybridized carbons (Fsp3) is 0. The molecule has 23 heavy (non-hydrogen) atoms. The van der Waals surface area contributed by atoms with Gasteiger partial charge < -0.3 is 15.3 Å². The topological polar surface area (TPSA) is 98.1 Å². The zero-order valence-corrected chi connectivity index (χ0v) is 12.4. The zero-order valence-electron chi connectivity index (χ0n) is 11.6. The van der Waals surface area contributed by atoms with E-state index >= 15 is 0 Å². The van der Waals surface area contributed by atoms with Gasteiger partial charge in [-0.25, -0.2) is 4.90 Å². The second-order valence-electron chi connectivity index (χ2n) is 4.78. The highest BCUT2D eigenvalue weighted by Gasteiger charge is 2.36. The maximum Gasteiger partial charge on any atom is 0.298 e. The number of imide groups is 1. The molecule has 3 N–H and O–H groups in total. The quantitative estimate of drug-likeness (QED) is 0.579. The molecule has 1 saturated heterocycles. The maximum atomic E-state index is 12.4. The van der Waals surface area contributed by atoms with Crippen LogP contribution in [0.3, 0.4) is 0 Å². The average molecular weight is 329 g/mol. The molecule has 1 heterocycles. The van der Waals surface area contributed by atoms with Crippen molar-refractivity contribution < 1.29 is 24.9 Å². The summed E-state index contributed by atoms with van der Waals surface area (Å²) in [4.78, 5) is 25.7. The highest BCUT2D eigenvalue weighted by Crippen LogP contribution is 2.36. The molecule has 2 aromatic carbocycles. The Morgan fingerprint density at radius 3 is 2.26 bits per heavy atom. The normalized spacial score (nSPS) is 16.3. The molecular weight excluding hydrogens is 318 g/mol. The van der Waals surface area contributed by atoms with Crippen molar-refractivity contribution in [1.29, 1.82) is 0 Å². The highest BCUT2D eigenvalue weighted by atomic mass is 32.2. The lowest BCUT2D eigenvalue weighted by atomic mass is 10.2. The summed E-state index contributed by atoms with van der Waals surface area (Å²) in [5.41, 5.74) is 0.846. The number of rotatable bonds is 2. The molecule has 0 radical (unpaired) electrons. The van der Waals surface area contributed by atoms with Gasteiger partial charge in [0.2, 0.25) is 0 Å². The van der Waals surface area contributed by atoms with Crippen molar-refractivity contribution in [2.45, 2.75) is 0 Å². The number of thioether (sulfide) groups is 1. The second-order valence-corrected chi connectivity index (χ2v) is 5.77. The van der Waals surface area contributed by atoms with Gasteiger partial charge in [0.25, 0.3) is 11.1 Å². The van der Waals surface area contributed by atoms with Crippen LogP contribution in [-0.2, 0) is 4.79 Å². The predicted molar refractivity (Wildman–Crippen MR) is 86.3 cm³/mol. The van der Waals surface area contributed by atoms with Crippen LogP contribution >= 0.6 is 11.8 Å². The second kappa shape index (κ2) is 5.69. The van der Waals surface area contributed by atoms with E-state index in [0.29, 0.717) is 11.3 Å². The summed E-state index contributed by atoms with van der Waals surface area (Å²) in [7, 11) is 0. The Balaban J connectivity index is 1.92. The molecule has 3 rings (SSSR count). The lowest BCUT2D eigenvalue weighted by Gasteiger charge is -2.12. The fourth-order valence-electron chi connectivity index (χ4n) is 2.07. The van der Waals surface area contributed by atoms with Crippen molar-refractivity contribution in [3.63, 3.8) is 0 Å². The van der Waals surface area contributed by atoms with E-state index in [-0.39, 0.29) is 22.2 Å². The van der Waals surface area contributed by atoms with E-state index in [9.17, 15) is 24.9 Å². The van der Waals surface area contributed by atoms with Crippen LogP contribution in [0.2, 0.25) is 0 Å². The molecule has 1 aliphatic rings. The van der Waals surface area contributed by atoms with E-state index in [1.54, 1.807) is 0 Å². The third-order valence-electron chi connectivity index (χ3n) is 3.20. The fourth-order valence-corrected chi connectivity index (χ4v) is 2.91. The number of amides is 2. The Hall–Kier alpha value is -2.93. The molecule has 6 nitrogen and oxygen atoms in total. The van der Waals surface area contributed by atoms with E-state index in [1.807, 2.05) is 0 Å². The van der Waals surface area contributed by atoms with Crippen molar-refractivity contribution in [2.24, 2.45) is 0 Å². The van der Waals surface area contributed by atoms with E-state index < -0.39 is 11.1 Å². The van der Waals surface area contributed by atoms with E-state index in [0.717, 1.165) is 16.7 Å². The molecule has 0 bridgehead atoms. The van der Waals surface area contributed by atoms with Crippen LogP contribution in [0.1, 0.15) is 5.56 Å². The summed E-state index contributed by atoms with van der Waals surface area (Å²) in [5, 5.41) is 27.6. The number of nitrogens with zero attached hydrogens (tertiary/aromatic N) is 1. The van der Waals surface area contributed by atoms with Crippen LogP contribution in [0.5, 0.6) is 17.2 Å². The number of phenols is 3. The first kappa shape index (κ1) is 15.0. The minimum atomic E-state index is -0.488. The molecule has 2 amide bonds. The molecule has 7 heteroatoms. The lowest BCUT2D eigenvalue weighted by Crippen LogP contribution is -2.27. The van der Waals surface area contributed by atoms with Gasteiger partial charge in [-0.1, -0.05) is 6.07 Å². The summed E-state index contributed by atoms with van der Waals surface area (Å²) >= 11 is 0.778. The molecule has 0 aromatic heterocycles. The van der Waals surface area contributed by atoms with Crippen LogP contribution in [-0.4, -0.2) is 26.5 Å². The number of carbonyl (C=O) groups is 2. The minimum Gasteiger partial charge on any atom is -0.508 e. The number of hydrogen-bond donors (Lipinski definition) is 3. The lowest BCUT2D eigenvalue weighted by molar-refractivity contribution is -0.113. The van der Waals surface area contributed by atoms with Crippen molar-refractivity contribution in [3.8, 4) is 17.2 Å². The third-order valence-corrected chi connectivity index (χ3v) is 4.07. The van der Waals surface area contributed by atoms with E-state index in [4.69, 9.17) is 0 Å². The van der Waals surface area contributed by atoms with Crippen LogP contribution in [0.15, 0.2) is 47.4 Å². The van der Waals surface area contributed by atoms with E-state index in [1.165, 1.54) is 48.5 Å². The summed E-state index contributed by atoms with van der Waals surface area (Å²) in [6, 6.07) is 9.83. The molecule has 0 spiro atoms. The van der Waals surface area contributed by atoms with Crippen molar-refractivity contribution >= 4 is 34.7 Å². The molecule has 2 aromatic rings. The van der Waals surface area contributed by atoms with Gasteiger partial charge in [-0.2, -0.15) is 0 Å². The smallest absolute Gasteiger partial charge is 0.298 e. The van der Waals surface area contributed by atoms with Crippen molar-refractivity contribution in [2.75, 3.05) is 4.90 Å². The summed E-state index contributed by atoms with van der Waals surface area (Å²) in [6.45, 7) is 0. The maximum absolute atomic E-state index is 12.4. The Bertz CT molecular complexity index is 829. The highest BCUT2D eigenvalue weighted by molar-refractivity contribution is 8.19. The van der Waals surface area contributed by atoms with Crippen LogP contribution < -0.4 is 4.90 Å². The number of benzene rings is 2. The van der Waals surface area contributed by atoms with Gasteiger partial charge in [0.15, 0.2) is 11.5 Å². The summed E-state index contributed by atoms with van der Waals surface area (Å²) in [6.07, 6.45) is 1.46. The molecule has 0 saturated carbocycles. The number of phenolic OH excluding ortho intramolecular Hbond substituents is 3. The molecule has 0 atom stereocenters. The zero-order chi connectivity index (χ0) is 16.6. The SMILES string of the molecule is O=C1SC(=Cc2ccc(O)c(O)c2)C(=O)N1c1ccc(O)cc1. The van der Waals surface area contributed by atoms with Gasteiger partial charge in [0, 0.05) is 0 Å². The monoisotopic (exact) mass is 329 g/mol. The first-order valence-corrected chi connectivity index (χ1v) is 7.36. The van der Waals surface area contributed by atoms with Crippen molar-refractivity contribution in [1.82, 2.24) is 0 Å². The number of aromatic hydroxyl groups is 3. The Morgan fingerprint density at radius 2 is 1.61 bits per heavy atom. The molecule has 1 fully saturated rings. The average Bonchev–Trinajstić information content (AvgIpc) is 2.79. The Labute approximate surface area is 135 Å². The van der Waals surface area contributed by atoms with Crippen molar-refractivity contribution in [3.05, 3.63) is 52.9 Å². The number of carbonyl (C=O) groups excluding carboxylic acids is 2. The number of anilines is 1. The molecule has 0 unspecified atom stereocenters. The van der Waals surface area contributed by atoms with Gasteiger partial charge in [-0.15, -0.1) is 0 Å². The molecule has 116 valence electrons. The van der Waals surface area contributed by atoms with Gasteiger partial charge in [0.1, 0.15) is 5.75 Å². The molecule has 1 aliphatic heterocycles. The van der Waals surface area contributed by atoms with Gasteiger partial charge in [0.05, 0.1) is 10.6 Å². The van der Waals surface area contributed by atoms with Crippen LogP contribution in [0.4, 0.5) is 10.5 Å². The van der Waals surface area contributed by atoms with E-state index in [2.05, 4.69) is 0 Å². The van der Waals surface area contributed by atoms with Gasteiger partial charge in [-0.3, -0.25) is 9.59 Å². The summed E-state index contributed by atoms with van der Waals surface area (Å²) in [5.74, 6) is -1.02. The Morgan fingerprint density at radius 1 is 0.913 bits per heavy atom. The van der Waals surface area contributed by atoms with Gasteiger partial charge >= 0.3 is 0 Å². The molecule has 0 aliphatic carbocycles.